The van der Waals surface area contributed by atoms with Crippen LogP contribution in [0.5, 0.6) is 0 Å². The van der Waals surface area contributed by atoms with Crippen molar-refractivity contribution >= 4 is 16.9 Å². The Hall–Kier alpha value is -3.39. The molecule has 4 rings (SSSR count). The van der Waals surface area contributed by atoms with Crippen LogP contribution < -0.4 is 5.32 Å². The SMILES string of the molecule is COCCc1ncc(CNc2ccc(Cc3c[nH]c4ncc(C)cc34)c(F)n2)cn1. The molecular formula is C22H23FN6O. The van der Waals surface area contributed by atoms with Crippen LogP contribution in [0.3, 0.4) is 0 Å². The van der Waals surface area contributed by atoms with E-state index < -0.39 is 5.95 Å². The van der Waals surface area contributed by atoms with Crippen LogP contribution in [-0.4, -0.2) is 38.6 Å². The average Bonchev–Trinajstić information content (AvgIpc) is 3.15. The lowest BCUT2D eigenvalue weighted by Crippen LogP contribution is -2.06. The van der Waals surface area contributed by atoms with Gasteiger partial charge in [0.2, 0.25) is 5.95 Å². The molecule has 0 radical (unpaired) electrons. The van der Waals surface area contributed by atoms with E-state index in [0.717, 1.165) is 33.5 Å². The Balaban J connectivity index is 1.41. The van der Waals surface area contributed by atoms with Crippen LogP contribution in [0, 0.1) is 12.9 Å². The van der Waals surface area contributed by atoms with Gasteiger partial charge in [-0.2, -0.15) is 4.39 Å². The molecule has 0 saturated heterocycles. The van der Waals surface area contributed by atoms with Gasteiger partial charge in [0.15, 0.2) is 0 Å². The molecule has 154 valence electrons. The van der Waals surface area contributed by atoms with Gasteiger partial charge < -0.3 is 15.0 Å². The second-order valence-corrected chi connectivity index (χ2v) is 7.15. The summed E-state index contributed by atoms with van der Waals surface area (Å²) in [6.07, 6.45) is 8.31. The second-order valence-electron chi connectivity index (χ2n) is 7.15. The van der Waals surface area contributed by atoms with Crippen molar-refractivity contribution in [2.24, 2.45) is 0 Å². The van der Waals surface area contributed by atoms with Gasteiger partial charge in [-0.15, -0.1) is 0 Å². The highest BCUT2D eigenvalue weighted by Crippen LogP contribution is 2.22. The molecule has 0 aliphatic carbocycles. The van der Waals surface area contributed by atoms with Crippen molar-refractivity contribution in [3.8, 4) is 0 Å². The molecule has 30 heavy (non-hydrogen) atoms. The number of ether oxygens (including phenoxy) is 1. The number of fused-ring (bicyclic) bond motifs is 1. The number of methoxy groups -OCH3 is 1. The van der Waals surface area contributed by atoms with Gasteiger partial charge in [-0.1, -0.05) is 6.07 Å². The Morgan fingerprint density at radius 2 is 1.93 bits per heavy atom. The first-order chi connectivity index (χ1) is 14.6. The molecule has 0 aromatic carbocycles. The Labute approximate surface area is 173 Å². The molecule has 0 aliphatic rings. The molecule has 0 fully saturated rings. The van der Waals surface area contributed by atoms with Crippen molar-refractivity contribution in [2.45, 2.75) is 26.3 Å². The monoisotopic (exact) mass is 406 g/mol. The van der Waals surface area contributed by atoms with Crippen LogP contribution in [0.4, 0.5) is 10.2 Å². The zero-order valence-electron chi connectivity index (χ0n) is 16.9. The smallest absolute Gasteiger partial charge is 0.218 e. The summed E-state index contributed by atoms with van der Waals surface area (Å²) in [5.74, 6) is 0.717. The molecule has 0 spiro atoms. The third-order valence-electron chi connectivity index (χ3n) is 4.82. The van der Waals surface area contributed by atoms with E-state index in [2.05, 4.69) is 36.3 Å². The molecule has 8 heteroatoms. The summed E-state index contributed by atoms with van der Waals surface area (Å²) in [6.45, 7) is 3.04. The van der Waals surface area contributed by atoms with Crippen molar-refractivity contribution in [3.63, 3.8) is 0 Å². The topological polar surface area (TPSA) is 88.6 Å². The minimum atomic E-state index is -0.485. The maximum Gasteiger partial charge on any atom is 0.218 e. The standard InChI is InChI=1S/C22H23FN6O/c1-14-7-18-17(13-28-22(18)27-9-14)8-16-3-4-20(29-21(16)23)26-12-15-10-24-19(25-11-15)5-6-30-2/h3-4,7,9-11,13H,5-6,8,12H2,1-2H3,(H,26,29)(H,27,28). The summed E-state index contributed by atoms with van der Waals surface area (Å²) < 4.78 is 19.6. The number of H-pyrrole nitrogens is 1. The van der Waals surface area contributed by atoms with E-state index in [9.17, 15) is 4.39 Å². The van der Waals surface area contributed by atoms with E-state index >= 15 is 0 Å². The minimum Gasteiger partial charge on any atom is -0.384 e. The predicted molar refractivity (Wildman–Crippen MR) is 113 cm³/mol. The normalized spacial score (nSPS) is 11.2. The van der Waals surface area contributed by atoms with E-state index in [1.54, 1.807) is 31.6 Å². The fraction of sp³-hybridized carbons (Fsp3) is 0.273. The summed E-state index contributed by atoms with van der Waals surface area (Å²) in [5, 5.41) is 4.12. The predicted octanol–water partition coefficient (Wildman–Crippen LogP) is 3.59. The molecule has 0 bridgehead atoms. The average molecular weight is 406 g/mol. The van der Waals surface area contributed by atoms with E-state index in [1.165, 1.54) is 0 Å². The first-order valence-corrected chi connectivity index (χ1v) is 9.73. The number of aromatic amines is 1. The zero-order chi connectivity index (χ0) is 20.9. The number of halogens is 1. The van der Waals surface area contributed by atoms with E-state index in [0.29, 0.717) is 37.4 Å². The largest absolute Gasteiger partial charge is 0.384 e. The fourth-order valence-corrected chi connectivity index (χ4v) is 3.19. The Kier molecular flexibility index (Phi) is 5.94. The van der Waals surface area contributed by atoms with Crippen LogP contribution >= 0.6 is 0 Å². The molecule has 4 heterocycles. The lowest BCUT2D eigenvalue weighted by molar-refractivity contribution is 0.200. The fourth-order valence-electron chi connectivity index (χ4n) is 3.19. The third kappa shape index (κ3) is 4.60. The van der Waals surface area contributed by atoms with Crippen molar-refractivity contribution in [1.82, 2.24) is 24.9 Å². The summed E-state index contributed by atoms with van der Waals surface area (Å²) in [6, 6.07) is 5.60. The summed E-state index contributed by atoms with van der Waals surface area (Å²) in [4.78, 5) is 20.2. The van der Waals surface area contributed by atoms with E-state index in [1.807, 2.05) is 19.3 Å². The van der Waals surface area contributed by atoms with E-state index in [4.69, 9.17) is 4.74 Å². The molecule has 0 atom stereocenters. The van der Waals surface area contributed by atoms with Crippen molar-refractivity contribution in [3.05, 3.63) is 77.0 Å². The maximum atomic E-state index is 14.6. The van der Waals surface area contributed by atoms with Gasteiger partial charge in [-0.3, -0.25) is 0 Å². The van der Waals surface area contributed by atoms with Crippen LogP contribution in [0.2, 0.25) is 0 Å². The molecule has 0 amide bonds. The highest BCUT2D eigenvalue weighted by Gasteiger charge is 2.11. The van der Waals surface area contributed by atoms with Gasteiger partial charge in [0.1, 0.15) is 17.3 Å². The summed E-state index contributed by atoms with van der Waals surface area (Å²) in [7, 11) is 1.65. The van der Waals surface area contributed by atoms with Gasteiger partial charge >= 0.3 is 0 Å². The van der Waals surface area contributed by atoms with Gasteiger partial charge in [-0.25, -0.2) is 19.9 Å². The highest BCUT2D eigenvalue weighted by molar-refractivity contribution is 5.80. The molecule has 7 nitrogen and oxygen atoms in total. The van der Waals surface area contributed by atoms with Gasteiger partial charge in [-0.05, 0) is 30.2 Å². The van der Waals surface area contributed by atoms with Crippen LogP contribution in [-0.2, 0) is 24.1 Å². The number of nitrogens with zero attached hydrogens (tertiary/aromatic N) is 4. The van der Waals surface area contributed by atoms with Crippen molar-refractivity contribution < 1.29 is 9.13 Å². The number of rotatable bonds is 8. The van der Waals surface area contributed by atoms with Crippen LogP contribution in [0.25, 0.3) is 11.0 Å². The number of aryl methyl sites for hydroxylation is 1. The maximum absolute atomic E-state index is 14.6. The number of hydrogen-bond donors (Lipinski definition) is 2. The molecule has 0 aliphatic heterocycles. The molecule has 4 aromatic heterocycles. The lowest BCUT2D eigenvalue weighted by Gasteiger charge is -2.08. The molecular weight excluding hydrogens is 383 g/mol. The Bertz CT molecular complexity index is 1140. The number of aromatic nitrogens is 5. The molecule has 0 saturated carbocycles. The van der Waals surface area contributed by atoms with E-state index in [-0.39, 0.29) is 0 Å². The van der Waals surface area contributed by atoms with Crippen LogP contribution in [0.15, 0.2) is 43.0 Å². The first-order valence-electron chi connectivity index (χ1n) is 9.73. The summed E-state index contributed by atoms with van der Waals surface area (Å²) >= 11 is 0. The zero-order valence-corrected chi connectivity index (χ0v) is 16.9. The van der Waals surface area contributed by atoms with Gasteiger partial charge in [0, 0.05) is 67.8 Å². The Morgan fingerprint density at radius 3 is 2.70 bits per heavy atom. The van der Waals surface area contributed by atoms with Crippen molar-refractivity contribution in [1.29, 1.82) is 0 Å². The van der Waals surface area contributed by atoms with Crippen molar-refractivity contribution in [2.75, 3.05) is 19.0 Å². The van der Waals surface area contributed by atoms with Gasteiger partial charge in [0.05, 0.1) is 6.61 Å². The first kappa shape index (κ1) is 19.9. The van der Waals surface area contributed by atoms with Gasteiger partial charge in [0.25, 0.3) is 0 Å². The number of anilines is 1. The number of hydrogen-bond acceptors (Lipinski definition) is 6. The summed E-state index contributed by atoms with van der Waals surface area (Å²) in [5.41, 5.74) is 4.29. The molecule has 0 unspecified atom stereocenters. The third-order valence-corrected chi connectivity index (χ3v) is 4.82. The molecule has 2 N–H and O–H groups in total. The Morgan fingerprint density at radius 1 is 1.10 bits per heavy atom. The highest BCUT2D eigenvalue weighted by atomic mass is 19.1. The number of nitrogens with one attached hydrogen (secondary N) is 2. The molecule has 4 aromatic rings. The second kappa shape index (κ2) is 8.96. The quantitative estimate of drug-likeness (QED) is 0.435. The van der Waals surface area contributed by atoms with Crippen LogP contribution in [0.1, 0.15) is 28.1 Å². The lowest BCUT2D eigenvalue weighted by atomic mass is 10.1. The minimum absolute atomic E-state index is 0.445. The number of pyridine rings is 2.